The summed E-state index contributed by atoms with van der Waals surface area (Å²) in [5.41, 5.74) is 0. The fourth-order valence-electron chi connectivity index (χ4n) is 2.20. The molecule has 0 spiro atoms. The zero-order valence-corrected chi connectivity index (χ0v) is 12.8. The maximum atomic E-state index is 3.64. The first-order valence-corrected chi connectivity index (χ1v) is 7.85. The van der Waals surface area contributed by atoms with E-state index in [-0.39, 0.29) is 0 Å². The highest BCUT2D eigenvalue weighted by Gasteiger charge is 2.19. The molecule has 0 radical (unpaired) electrons. The summed E-state index contributed by atoms with van der Waals surface area (Å²) in [6, 6.07) is 2.77. The largest absolute Gasteiger partial charge is 0.314 e. The predicted molar refractivity (Wildman–Crippen MR) is 77.3 cm³/mol. The molecule has 1 aromatic heterocycles. The molecular formula is C13H22BrNS. The summed E-state index contributed by atoms with van der Waals surface area (Å²) in [4.78, 5) is 1.47. The van der Waals surface area contributed by atoms with Gasteiger partial charge in [0.2, 0.25) is 0 Å². The standard InChI is InChI=1S/C13H22BrNS/c1-4-10(5-2)12(15-6-3)9-13-11(14)7-8-16-13/h7-8,10,12,15H,4-6,9H2,1-3H3. The van der Waals surface area contributed by atoms with Gasteiger partial charge in [-0.3, -0.25) is 0 Å². The fraction of sp³-hybridized carbons (Fsp3) is 0.692. The lowest BCUT2D eigenvalue weighted by atomic mass is 9.91. The van der Waals surface area contributed by atoms with E-state index in [0.717, 1.165) is 18.9 Å². The van der Waals surface area contributed by atoms with Gasteiger partial charge < -0.3 is 5.32 Å². The number of thiophene rings is 1. The molecule has 0 bridgehead atoms. The van der Waals surface area contributed by atoms with E-state index in [2.05, 4.69) is 53.5 Å². The molecule has 0 aromatic carbocycles. The van der Waals surface area contributed by atoms with Gasteiger partial charge in [0.1, 0.15) is 0 Å². The summed E-state index contributed by atoms with van der Waals surface area (Å²) in [5.74, 6) is 0.786. The van der Waals surface area contributed by atoms with Crippen molar-refractivity contribution in [2.75, 3.05) is 6.54 Å². The topological polar surface area (TPSA) is 12.0 Å². The Kier molecular flexibility index (Phi) is 6.62. The lowest BCUT2D eigenvalue weighted by Gasteiger charge is -2.25. The molecule has 1 rings (SSSR count). The molecule has 0 aliphatic carbocycles. The Morgan fingerprint density at radius 2 is 2.00 bits per heavy atom. The zero-order valence-electron chi connectivity index (χ0n) is 10.4. The summed E-state index contributed by atoms with van der Waals surface area (Å²) < 4.78 is 1.27. The first-order valence-electron chi connectivity index (χ1n) is 6.18. The Bertz CT molecular complexity index is 294. The molecule has 1 unspecified atom stereocenters. The monoisotopic (exact) mass is 303 g/mol. The van der Waals surface area contributed by atoms with Crippen molar-refractivity contribution in [3.05, 3.63) is 20.8 Å². The van der Waals surface area contributed by atoms with Crippen molar-refractivity contribution in [3.63, 3.8) is 0 Å². The van der Waals surface area contributed by atoms with E-state index in [9.17, 15) is 0 Å². The lowest BCUT2D eigenvalue weighted by molar-refractivity contribution is 0.338. The van der Waals surface area contributed by atoms with Gasteiger partial charge in [-0.2, -0.15) is 0 Å². The van der Waals surface area contributed by atoms with Crippen LogP contribution >= 0.6 is 27.3 Å². The SMILES string of the molecule is CCNC(Cc1sccc1Br)C(CC)CC. The summed E-state index contributed by atoms with van der Waals surface area (Å²) in [6.07, 6.45) is 3.67. The van der Waals surface area contributed by atoms with Gasteiger partial charge in [-0.1, -0.05) is 33.6 Å². The third kappa shape index (κ3) is 3.86. The second kappa shape index (κ2) is 7.46. The van der Waals surface area contributed by atoms with Crippen molar-refractivity contribution in [1.82, 2.24) is 5.32 Å². The third-order valence-electron chi connectivity index (χ3n) is 3.18. The molecule has 1 heterocycles. The minimum atomic E-state index is 0.620. The Hall–Kier alpha value is 0.140. The molecule has 0 amide bonds. The van der Waals surface area contributed by atoms with E-state index in [1.165, 1.54) is 22.2 Å². The summed E-state index contributed by atoms with van der Waals surface area (Å²) in [6.45, 7) is 7.84. The van der Waals surface area contributed by atoms with Crippen molar-refractivity contribution in [3.8, 4) is 0 Å². The van der Waals surface area contributed by atoms with Gasteiger partial charge in [0.05, 0.1) is 0 Å². The highest BCUT2D eigenvalue weighted by molar-refractivity contribution is 9.10. The number of likely N-dealkylation sites (N-methyl/N-ethyl adjacent to an activating group) is 1. The van der Waals surface area contributed by atoms with Gasteiger partial charge in [0.25, 0.3) is 0 Å². The van der Waals surface area contributed by atoms with Crippen LogP contribution in [0.15, 0.2) is 15.9 Å². The van der Waals surface area contributed by atoms with Crippen LogP contribution < -0.4 is 5.32 Å². The van der Waals surface area contributed by atoms with E-state index in [0.29, 0.717) is 6.04 Å². The van der Waals surface area contributed by atoms with Gasteiger partial charge in [0, 0.05) is 15.4 Å². The Labute approximate surface area is 112 Å². The molecule has 1 nitrogen and oxygen atoms in total. The Balaban J connectivity index is 2.67. The number of hydrogen-bond donors (Lipinski definition) is 1. The van der Waals surface area contributed by atoms with Gasteiger partial charge in [-0.15, -0.1) is 11.3 Å². The highest BCUT2D eigenvalue weighted by Crippen LogP contribution is 2.26. The van der Waals surface area contributed by atoms with Crippen LogP contribution in [0.3, 0.4) is 0 Å². The fourth-order valence-corrected chi connectivity index (χ4v) is 3.77. The maximum Gasteiger partial charge on any atom is 0.0314 e. The van der Waals surface area contributed by atoms with Crippen LogP contribution in [0.2, 0.25) is 0 Å². The Morgan fingerprint density at radius 3 is 2.44 bits per heavy atom. The zero-order chi connectivity index (χ0) is 12.0. The summed E-state index contributed by atoms with van der Waals surface area (Å²) in [7, 11) is 0. The minimum Gasteiger partial charge on any atom is -0.314 e. The normalized spacial score (nSPS) is 13.3. The molecule has 1 aromatic rings. The molecule has 3 heteroatoms. The lowest BCUT2D eigenvalue weighted by Crippen LogP contribution is -2.37. The molecule has 0 fully saturated rings. The van der Waals surface area contributed by atoms with Crippen LogP contribution in [0.5, 0.6) is 0 Å². The minimum absolute atomic E-state index is 0.620. The number of halogens is 1. The molecule has 1 N–H and O–H groups in total. The van der Waals surface area contributed by atoms with Crippen LogP contribution in [0, 0.1) is 5.92 Å². The first-order chi connectivity index (χ1) is 7.72. The maximum absolute atomic E-state index is 3.64. The average Bonchev–Trinajstić information content (AvgIpc) is 2.66. The van der Waals surface area contributed by atoms with Gasteiger partial charge in [-0.05, 0) is 46.3 Å². The van der Waals surface area contributed by atoms with Crippen LogP contribution in [-0.4, -0.2) is 12.6 Å². The van der Waals surface area contributed by atoms with Crippen LogP contribution in [-0.2, 0) is 6.42 Å². The molecule has 16 heavy (non-hydrogen) atoms. The van der Waals surface area contributed by atoms with Crippen LogP contribution in [0.4, 0.5) is 0 Å². The van der Waals surface area contributed by atoms with Crippen LogP contribution in [0.25, 0.3) is 0 Å². The molecule has 0 aliphatic rings. The third-order valence-corrected chi connectivity index (χ3v) is 5.13. The number of nitrogens with one attached hydrogen (secondary N) is 1. The van der Waals surface area contributed by atoms with Gasteiger partial charge >= 0.3 is 0 Å². The van der Waals surface area contributed by atoms with Gasteiger partial charge in [-0.25, -0.2) is 0 Å². The molecule has 0 saturated carbocycles. The van der Waals surface area contributed by atoms with E-state index in [4.69, 9.17) is 0 Å². The quantitative estimate of drug-likeness (QED) is 0.784. The van der Waals surface area contributed by atoms with Crippen molar-refractivity contribution in [1.29, 1.82) is 0 Å². The van der Waals surface area contributed by atoms with Crippen LogP contribution in [0.1, 0.15) is 38.5 Å². The first kappa shape index (κ1) is 14.2. The average molecular weight is 304 g/mol. The second-order valence-electron chi connectivity index (χ2n) is 4.14. The number of hydrogen-bond acceptors (Lipinski definition) is 2. The predicted octanol–water partition coefficient (Wildman–Crippen LogP) is 4.47. The second-order valence-corrected chi connectivity index (χ2v) is 5.99. The van der Waals surface area contributed by atoms with E-state index >= 15 is 0 Å². The van der Waals surface area contributed by atoms with E-state index in [1.54, 1.807) is 0 Å². The molecule has 92 valence electrons. The molecular weight excluding hydrogens is 282 g/mol. The van der Waals surface area contributed by atoms with E-state index < -0.39 is 0 Å². The summed E-state index contributed by atoms with van der Waals surface area (Å²) in [5, 5.41) is 5.80. The molecule has 0 aliphatic heterocycles. The van der Waals surface area contributed by atoms with Crippen molar-refractivity contribution in [2.24, 2.45) is 5.92 Å². The Morgan fingerprint density at radius 1 is 1.31 bits per heavy atom. The van der Waals surface area contributed by atoms with E-state index in [1.807, 2.05) is 11.3 Å². The van der Waals surface area contributed by atoms with Crippen molar-refractivity contribution >= 4 is 27.3 Å². The highest BCUT2D eigenvalue weighted by atomic mass is 79.9. The number of rotatable bonds is 7. The summed E-state index contributed by atoms with van der Waals surface area (Å²) >= 11 is 5.48. The van der Waals surface area contributed by atoms with Crippen molar-refractivity contribution in [2.45, 2.75) is 46.1 Å². The van der Waals surface area contributed by atoms with Crippen molar-refractivity contribution < 1.29 is 0 Å². The molecule has 1 atom stereocenters. The van der Waals surface area contributed by atoms with Gasteiger partial charge in [0.15, 0.2) is 0 Å². The smallest absolute Gasteiger partial charge is 0.0314 e. The molecule has 0 saturated heterocycles.